The third-order valence-corrected chi connectivity index (χ3v) is 5.93. The standard InChI is InChI=1S/C24H22FN3O5S/c1-14-5-4-6-16-11-19-22(27-21(14)16)20(23(29)26-12-15(2)33-34(3,31)32)13-28(24(19)30)18-9-7-17(25)8-10-18/h4-11,13,15H,12H2,1-3H3,(H,26,29). The lowest BCUT2D eigenvalue weighted by molar-refractivity contribution is 0.0934. The Morgan fingerprint density at radius 2 is 1.88 bits per heavy atom. The first-order chi connectivity index (χ1) is 16.0. The minimum absolute atomic E-state index is 0.0876. The molecule has 1 unspecified atom stereocenters. The minimum atomic E-state index is -3.69. The van der Waals surface area contributed by atoms with Crippen LogP contribution >= 0.6 is 0 Å². The number of pyridine rings is 2. The largest absolute Gasteiger partial charge is 0.349 e. The third-order valence-electron chi connectivity index (χ3n) is 5.25. The fourth-order valence-corrected chi connectivity index (χ4v) is 4.38. The average molecular weight is 484 g/mol. The number of carbonyl (C=O) groups excluding carboxylic acids is 1. The summed E-state index contributed by atoms with van der Waals surface area (Å²) in [5.74, 6) is -1.02. The summed E-state index contributed by atoms with van der Waals surface area (Å²) < 4.78 is 42.3. The highest BCUT2D eigenvalue weighted by Gasteiger charge is 2.20. The molecule has 2 heterocycles. The number of hydrogen-bond acceptors (Lipinski definition) is 6. The molecule has 0 aliphatic rings. The lowest BCUT2D eigenvalue weighted by Crippen LogP contribution is -2.34. The number of para-hydroxylation sites is 1. The van der Waals surface area contributed by atoms with Gasteiger partial charge in [-0.25, -0.2) is 9.37 Å². The van der Waals surface area contributed by atoms with Crippen LogP contribution in [0.3, 0.4) is 0 Å². The van der Waals surface area contributed by atoms with Crippen LogP contribution in [-0.4, -0.2) is 42.8 Å². The highest BCUT2D eigenvalue weighted by molar-refractivity contribution is 7.86. The van der Waals surface area contributed by atoms with Crippen molar-refractivity contribution >= 4 is 37.8 Å². The molecular weight excluding hydrogens is 461 g/mol. The van der Waals surface area contributed by atoms with E-state index in [1.54, 1.807) is 6.07 Å². The molecule has 1 atom stereocenters. The Morgan fingerprint density at radius 1 is 1.18 bits per heavy atom. The molecule has 0 fully saturated rings. The van der Waals surface area contributed by atoms with Gasteiger partial charge in [-0.05, 0) is 49.7 Å². The maximum atomic E-state index is 13.5. The Bertz CT molecular complexity index is 1580. The molecule has 34 heavy (non-hydrogen) atoms. The first kappa shape index (κ1) is 23.5. The number of nitrogens with one attached hydrogen (secondary N) is 1. The van der Waals surface area contributed by atoms with Crippen molar-refractivity contribution in [1.82, 2.24) is 14.9 Å². The van der Waals surface area contributed by atoms with Crippen LogP contribution in [0.5, 0.6) is 0 Å². The Balaban J connectivity index is 1.88. The summed E-state index contributed by atoms with van der Waals surface area (Å²) in [4.78, 5) is 31.2. The van der Waals surface area contributed by atoms with E-state index < -0.39 is 33.5 Å². The SMILES string of the molecule is Cc1cccc2cc3c(=O)n(-c4ccc(F)cc4)cc(C(=O)NCC(C)OS(C)(=O)=O)c3nc12. The van der Waals surface area contributed by atoms with Gasteiger partial charge in [0.05, 0.1) is 34.3 Å². The van der Waals surface area contributed by atoms with Gasteiger partial charge >= 0.3 is 0 Å². The molecule has 0 spiro atoms. The summed E-state index contributed by atoms with van der Waals surface area (Å²) in [5, 5.41) is 3.60. The molecule has 1 amide bonds. The van der Waals surface area contributed by atoms with Crippen LogP contribution in [0.1, 0.15) is 22.8 Å². The summed E-state index contributed by atoms with van der Waals surface area (Å²) in [6, 6.07) is 12.5. The van der Waals surface area contributed by atoms with Gasteiger partial charge in [0.15, 0.2) is 0 Å². The molecular formula is C24H22FN3O5S. The smallest absolute Gasteiger partial charge is 0.264 e. The number of aromatic nitrogens is 2. The zero-order chi connectivity index (χ0) is 24.6. The van der Waals surface area contributed by atoms with Crippen molar-refractivity contribution in [3.63, 3.8) is 0 Å². The number of halogens is 1. The molecule has 0 bridgehead atoms. The molecule has 8 nitrogen and oxygen atoms in total. The molecule has 4 aromatic rings. The van der Waals surface area contributed by atoms with E-state index in [2.05, 4.69) is 10.3 Å². The second-order valence-electron chi connectivity index (χ2n) is 8.05. The zero-order valence-electron chi connectivity index (χ0n) is 18.7. The van der Waals surface area contributed by atoms with E-state index in [0.717, 1.165) is 17.2 Å². The molecule has 0 aliphatic heterocycles. The quantitative estimate of drug-likeness (QED) is 0.334. The molecule has 0 saturated carbocycles. The topological polar surface area (TPSA) is 107 Å². The molecule has 10 heteroatoms. The third kappa shape index (κ3) is 4.82. The van der Waals surface area contributed by atoms with Gasteiger partial charge in [-0.1, -0.05) is 18.2 Å². The van der Waals surface area contributed by atoms with E-state index in [1.165, 1.54) is 42.0 Å². The second kappa shape index (κ2) is 8.96. The van der Waals surface area contributed by atoms with Crippen LogP contribution in [0.25, 0.3) is 27.5 Å². The van der Waals surface area contributed by atoms with Gasteiger partial charge < -0.3 is 5.32 Å². The number of fused-ring (bicyclic) bond motifs is 2. The lowest BCUT2D eigenvalue weighted by Gasteiger charge is -2.15. The van der Waals surface area contributed by atoms with Gasteiger partial charge in [0.25, 0.3) is 21.6 Å². The maximum Gasteiger partial charge on any atom is 0.264 e. The first-order valence-corrected chi connectivity index (χ1v) is 12.2. The van der Waals surface area contributed by atoms with Gasteiger partial charge in [0.1, 0.15) is 5.82 Å². The van der Waals surface area contributed by atoms with Crippen molar-refractivity contribution in [1.29, 1.82) is 0 Å². The summed E-state index contributed by atoms with van der Waals surface area (Å²) in [5.41, 5.74) is 1.80. The number of rotatable bonds is 6. The molecule has 2 aromatic heterocycles. The fraction of sp³-hybridized carbons (Fsp3) is 0.208. The summed E-state index contributed by atoms with van der Waals surface area (Å²) in [6.45, 7) is 3.30. The maximum absolute atomic E-state index is 13.5. The molecule has 0 saturated heterocycles. The number of amides is 1. The van der Waals surface area contributed by atoms with Gasteiger partial charge in [-0.3, -0.25) is 18.3 Å². The van der Waals surface area contributed by atoms with E-state index in [-0.39, 0.29) is 23.0 Å². The van der Waals surface area contributed by atoms with Crippen LogP contribution in [0.4, 0.5) is 4.39 Å². The first-order valence-electron chi connectivity index (χ1n) is 10.4. The van der Waals surface area contributed by atoms with Crippen LogP contribution in [0, 0.1) is 12.7 Å². The van der Waals surface area contributed by atoms with Crippen molar-refractivity contribution in [2.45, 2.75) is 20.0 Å². The number of nitrogens with zero attached hydrogens (tertiary/aromatic N) is 2. The molecule has 0 radical (unpaired) electrons. The van der Waals surface area contributed by atoms with E-state index in [1.807, 2.05) is 25.1 Å². The van der Waals surface area contributed by atoms with Crippen LogP contribution < -0.4 is 10.9 Å². The van der Waals surface area contributed by atoms with Crippen molar-refractivity contribution in [3.05, 3.63) is 82.0 Å². The van der Waals surface area contributed by atoms with Crippen LogP contribution in [0.15, 0.2) is 59.5 Å². The zero-order valence-corrected chi connectivity index (χ0v) is 19.5. The van der Waals surface area contributed by atoms with Crippen molar-refractivity contribution in [3.8, 4) is 5.69 Å². The highest BCUT2D eigenvalue weighted by Crippen LogP contribution is 2.23. The monoisotopic (exact) mass is 483 g/mol. The van der Waals surface area contributed by atoms with E-state index >= 15 is 0 Å². The van der Waals surface area contributed by atoms with E-state index in [0.29, 0.717) is 11.2 Å². The van der Waals surface area contributed by atoms with Crippen molar-refractivity contribution in [2.24, 2.45) is 0 Å². The molecule has 1 N–H and O–H groups in total. The predicted molar refractivity (Wildman–Crippen MR) is 127 cm³/mol. The number of carbonyl (C=O) groups is 1. The van der Waals surface area contributed by atoms with Crippen LogP contribution in [-0.2, 0) is 14.3 Å². The molecule has 176 valence electrons. The van der Waals surface area contributed by atoms with Gasteiger partial charge in [-0.15, -0.1) is 0 Å². The normalized spacial score (nSPS) is 12.7. The number of aryl methyl sites for hydroxylation is 1. The Labute approximate surface area is 195 Å². The van der Waals surface area contributed by atoms with Gasteiger partial charge in [-0.2, -0.15) is 8.42 Å². The number of benzene rings is 2. The molecule has 0 aliphatic carbocycles. The highest BCUT2D eigenvalue weighted by atomic mass is 32.2. The predicted octanol–water partition coefficient (Wildman–Crippen LogP) is 3.08. The summed E-state index contributed by atoms with van der Waals surface area (Å²) in [7, 11) is -3.69. The minimum Gasteiger partial charge on any atom is -0.349 e. The number of hydrogen-bond donors (Lipinski definition) is 1. The summed E-state index contributed by atoms with van der Waals surface area (Å²) >= 11 is 0. The Kier molecular flexibility index (Phi) is 6.20. The Hall–Kier alpha value is -3.63. The van der Waals surface area contributed by atoms with Crippen molar-refractivity contribution in [2.75, 3.05) is 12.8 Å². The van der Waals surface area contributed by atoms with Crippen molar-refractivity contribution < 1.29 is 21.8 Å². The van der Waals surface area contributed by atoms with E-state index in [4.69, 9.17) is 4.18 Å². The molecule has 4 rings (SSSR count). The van der Waals surface area contributed by atoms with Gasteiger partial charge in [0, 0.05) is 23.8 Å². The second-order valence-corrected chi connectivity index (χ2v) is 9.65. The lowest BCUT2D eigenvalue weighted by atomic mass is 10.1. The fourth-order valence-electron chi connectivity index (χ4n) is 3.72. The average Bonchev–Trinajstić information content (AvgIpc) is 2.77. The molecule has 2 aromatic carbocycles. The van der Waals surface area contributed by atoms with Gasteiger partial charge in [0.2, 0.25) is 0 Å². The summed E-state index contributed by atoms with van der Waals surface area (Å²) in [6.07, 6.45) is 1.48. The Morgan fingerprint density at radius 3 is 2.56 bits per heavy atom. The van der Waals surface area contributed by atoms with E-state index in [9.17, 15) is 22.4 Å². The van der Waals surface area contributed by atoms with Crippen LogP contribution in [0.2, 0.25) is 0 Å².